The maximum Gasteiger partial charge on any atom is 0.320 e. The number of aldehydes is 1. The normalized spacial score (nSPS) is 10.6. The fraction of sp³-hybridized carbons (Fsp3) is 0.263. The van der Waals surface area contributed by atoms with Crippen LogP contribution in [0.2, 0.25) is 0 Å². The number of aliphatic carboxylic acids is 1. The molecule has 0 fully saturated rings. The molecule has 6 nitrogen and oxygen atoms in total. The first-order valence-electron chi connectivity index (χ1n) is 7.87. The lowest BCUT2D eigenvalue weighted by molar-refractivity contribution is -0.138. The first-order valence-corrected chi connectivity index (χ1v) is 7.87. The summed E-state index contributed by atoms with van der Waals surface area (Å²) in [5, 5.41) is 8.33. The number of benzene rings is 2. The van der Waals surface area contributed by atoms with Gasteiger partial charge in [-0.3, -0.25) is 9.59 Å². The Morgan fingerprint density at radius 3 is 2.04 bits per heavy atom. The minimum absolute atomic E-state index is 0. The molecule has 0 aliphatic carbocycles. The predicted molar refractivity (Wildman–Crippen MR) is 101 cm³/mol. The van der Waals surface area contributed by atoms with Crippen LogP contribution in [0.5, 0.6) is 0 Å². The molecular formula is C19H27N3O3. The minimum atomic E-state index is -0.933. The third-order valence-electron chi connectivity index (χ3n) is 3.44. The highest BCUT2D eigenvalue weighted by molar-refractivity contribution is 5.76. The Morgan fingerprint density at radius 2 is 1.56 bits per heavy atom. The average Bonchev–Trinajstić information content (AvgIpc) is 2.63. The molecule has 2 aromatic rings. The quantitative estimate of drug-likeness (QED) is 0.449. The standard InChI is InChI=1S/C13H10O.C6H14N2O2.H3N/c14-10-11-6-8-13(9-7-11)12-4-2-1-3-5-12;7-4-2-1-3-5(8)6(9)10;/h1-10H;5H,1-4,7-8H2,(H,9,10);1H3/t;5-;/m.0./s1. The van der Waals surface area contributed by atoms with E-state index in [2.05, 4.69) is 12.1 Å². The van der Waals surface area contributed by atoms with Crippen molar-refractivity contribution in [2.24, 2.45) is 11.5 Å². The van der Waals surface area contributed by atoms with Crippen LogP contribution in [0.3, 0.4) is 0 Å². The summed E-state index contributed by atoms with van der Waals surface area (Å²) < 4.78 is 0. The highest BCUT2D eigenvalue weighted by Crippen LogP contribution is 2.18. The lowest BCUT2D eigenvalue weighted by atomic mass is 10.0. The molecule has 0 saturated carbocycles. The monoisotopic (exact) mass is 345 g/mol. The fourth-order valence-corrected chi connectivity index (χ4v) is 2.02. The third-order valence-corrected chi connectivity index (χ3v) is 3.44. The molecule has 0 saturated heterocycles. The Hall–Kier alpha value is -2.54. The molecule has 0 spiro atoms. The molecule has 0 aromatic heterocycles. The summed E-state index contributed by atoms with van der Waals surface area (Å²) in [5.74, 6) is -0.933. The van der Waals surface area contributed by atoms with Crippen LogP contribution in [-0.2, 0) is 4.79 Å². The number of carboxylic acids is 1. The molecule has 0 heterocycles. The zero-order chi connectivity index (χ0) is 17.8. The van der Waals surface area contributed by atoms with Crippen molar-refractivity contribution in [2.45, 2.75) is 25.3 Å². The molecule has 0 bridgehead atoms. The molecule has 0 amide bonds. The summed E-state index contributed by atoms with van der Waals surface area (Å²) in [6.45, 7) is 0.604. The van der Waals surface area contributed by atoms with Gasteiger partial charge in [0.1, 0.15) is 12.3 Å². The lowest BCUT2D eigenvalue weighted by Crippen LogP contribution is -2.29. The summed E-state index contributed by atoms with van der Waals surface area (Å²) in [6, 6.07) is 17.0. The van der Waals surface area contributed by atoms with Crippen LogP contribution >= 0.6 is 0 Å². The van der Waals surface area contributed by atoms with Crippen LogP contribution in [0.15, 0.2) is 54.6 Å². The van der Waals surface area contributed by atoms with Gasteiger partial charge in [-0.2, -0.15) is 0 Å². The van der Waals surface area contributed by atoms with Crippen molar-refractivity contribution in [1.82, 2.24) is 6.15 Å². The van der Waals surface area contributed by atoms with Gasteiger partial charge >= 0.3 is 5.97 Å². The highest BCUT2D eigenvalue weighted by Gasteiger charge is 2.09. The number of hydrogen-bond acceptors (Lipinski definition) is 5. The summed E-state index contributed by atoms with van der Waals surface area (Å²) in [5.41, 5.74) is 13.4. The maximum atomic E-state index is 10.5. The number of carbonyl (C=O) groups is 2. The van der Waals surface area contributed by atoms with Crippen molar-refractivity contribution in [3.63, 3.8) is 0 Å². The van der Waals surface area contributed by atoms with E-state index in [-0.39, 0.29) is 6.15 Å². The fourth-order valence-electron chi connectivity index (χ4n) is 2.02. The van der Waals surface area contributed by atoms with Gasteiger partial charge in [-0.15, -0.1) is 0 Å². The van der Waals surface area contributed by atoms with Crippen LogP contribution in [-0.4, -0.2) is 29.9 Å². The minimum Gasteiger partial charge on any atom is -0.480 e. The van der Waals surface area contributed by atoms with E-state index >= 15 is 0 Å². The molecule has 2 rings (SSSR count). The Balaban J connectivity index is 0.000000471. The van der Waals surface area contributed by atoms with E-state index in [4.69, 9.17) is 16.6 Å². The van der Waals surface area contributed by atoms with Gasteiger partial charge in [-0.05, 0) is 30.5 Å². The van der Waals surface area contributed by atoms with Crippen molar-refractivity contribution in [3.8, 4) is 11.1 Å². The SMILES string of the molecule is N.NCCCC[C@H](N)C(=O)O.O=Cc1ccc(-c2ccccc2)cc1. The van der Waals surface area contributed by atoms with Crippen LogP contribution in [0.1, 0.15) is 29.6 Å². The van der Waals surface area contributed by atoms with E-state index in [9.17, 15) is 9.59 Å². The molecule has 2 aromatic carbocycles. The molecule has 0 unspecified atom stereocenters. The largest absolute Gasteiger partial charge is 0.480 e. The maximum absolute atomic E-state index is 10.5. The van der Waals surface area contributed by atoms with Gasteiger partial charge in [0.05, 0.1) is 0 Å². The van der Waals surface area contributed by atoms with E-state index < -0.39 is 12.0 Å². The van der Waals surface area contributed by atoms with Gasteiger partial charge in [0, 0.05) is 5.56 Å². The van der Waals surface area contributed by atoms with Crippen molar-refractivity contribution in [2.75, 3.05) is 6.54 Å². The lowest BCUT2D eigenvalue weighted by Gasteiger charge is -2.03. The van der Waals surface area contributed by atoms with Gasteiger partial charge in [0.25, 0.3) is 0 Å². The van der Waals surface area contributed by atoms with E-state index in [1.165, 1.54) is 5.56 Å². The Bertz CT molecular complexity index is 616. The zero-order valence-corrected chi connectivity index (χ0v) is 14.3. The molecule has 1 atom stereocenters. The van der Waals surface area contributed by atoms with E-state index in [1.807, 2.05) is 42.5 Å². The first-order chi connectivity index (χ1) is 11.6. The van der Waals surface area contributed by atoms with Gasteiger partial charge < -0.3 is 22.7 Å². The number of hydrogen-bond donors (Lipinski definition) is 4. The summed E-state index contributed by atoms with van der Waals surface area (Å²) in [7, 11) is 0. The Kier molecular flexibility index (Phi) is 11.5. The number of unbranched alkanes of at least 4 members (excludes halogenated alkanes) is 1. The number of carboxylic acid groups (broad SMARTS) is 1. The summed E-state index contributed by atoms with van der Waals surface area (Å²) >= 11 is 0. The van der Waals surface area contributed by atoms with Gasteiger partial charge in [-0.1, -0.05) is 61.0 Å². The molecule has 136 valence electrons. The molecule has 0 aliphatic rings. The second-order valence-electron chi connectivity index (χ2n) is 5.34. The van der Waals surface area contributed by atoms with Gasteiger partial charge in [-0.25, -0.2) is 0 Å². The molecule has 8 N–H and O–H groups in total. The summed E-state index contributed by atoms with van der Waals surface area (Å²) in [6.07, 6.45) is 3.02. The van der Waals surface area contributed by atoms with Crippen molar-refractivity contribution >= 4 is 12.3 Å². The number of rotatable bonds is 7. The third kappa shape index (κ3) is 8.76. The van der Waals surface area contributed by atoms with E-state index in [1.54, 1.807) is 0 Å². The van der Waals surface area contributed by atoms with Crippen molar-refractivity contribution in [3.05, 3.63) is 60.2 Å². The zero-order valence-electron chi connectivity index (χ0n) is 14.3. The molecule has 25 heavy (non-hydrogen) atoms. The van der Waals surface area contributed by atoms with Crippen LogP contribution in [0.25, 0.3) is 11.1 Å². The van der Waals surface area contributed by atoms with E-state index in [0.717, 1.165) is 24.7 Å². The topological polar surface area (TPSA) is 141 Å². The van der Waals surface area contributed by atoms with Gasteiger partial charge in [0.2, 0.25) is 0 Å². The Labute approximate surface area is 148 Å². The summed E-state index contributed by atoms with van der Waals surface area (Å²) in [4.78, 5) is 20.6. The highest BCUT2D eigenvalue weighted by atomic mass is 16.4. The van der Waals surface area contributed by atoms with E-state index in [0.29, 0.717) is 18.5 Å². The smallest absolute Gasteiger partial charge is 0.320 e. The van der Waals surface area contributed by atoms with Crippen LogP contribution in [0.4, 0.5) is 0 Å². The average molecular weight is 345 g/mol. The Morgan fingerprint density at radius 1 is 1.00 bits per heavy atom. The number of carbonyl (C=O) groups excluding carboxylic acids is 1. The van der Waals surface area contributed by atoms with Crippen molar-refractivity contribution in [1.29, 1.82) is 0 Å². The first kappa shape index (κ1) is 22.5. The predicted octanol–water partition coefficient (Wildman–Crippen LogP) is 2.86. The van der Waals surface area contributed by atoms with Crippen molar-refractivity contribution < 1.29 is 14.7 Å². The van der Waals surface area contributed by atoms with Crippen LogP contribution < -0.4 is 17.6 Å². The second-order valence-corrected chi connectivity index (χ2v) is 5.34. The van der Waals surface area contributed by atoms with Crippen LogP contribution in [0, 0.1) is 0 Å². The molecule has 6 heteroatoms. The molecular weight excluding hydrogens is 318 g/mol. The molecule has 0 aliphatic heterocycles. The molecule has 0 radical (unpaired) electrons. The van der Waals surface area contributed by atoms with Gasteiger partial charge in [0.15, 0.2) is 0 Å². The number of nitrogens with two attached hydrogens (primary N) is 2. The second kappa shape index (κ2) is 12.8.